The van der Waals surface area contributed by atoms with Gasteiger partial charge in [-0.2, -0.15) is 0 Å². The van der Waals surface area contributed by atoms with Crippen LogP contribution in [0.3, 0.4) is 0 Å². The molecule has 19 heavy (non-hydrogen) atoms. The van der Waals surface area contributed by atoms with Gasteiger partial charge in [0.2, 0.25) is 0 Å². The molecule has 0 amide bonds. The molecule has 0 heterocycles. The van der Waals surface area contributed by atoms with Crippen molar-refractivity contribution >= 4 is 23.2 Å². The topological polar surface area (TPSA) is 20.2 Å². The highest BCUT2D eigenvalue weighted by Gasteiger charge is 2.26. The van der Waals surface area contributed by atoms with E-state index in [9.17, 15) is 5.11 Å². The van der Waals surface area contributed by atoms with Crippen LogP contribution in [0.15, 0.2) is 42.5 Å². The molecule has 0 saturated heterocycles. The molecule has 0 spiro atoms. The summed E-state index contributed by atoms with van der Waals surface area (Å²) < 4.78 is 0. The van der Waals surface area contributed by atoms with Gasteiger partial charge in [0, 0.05) is 5.92 Å². The third-order valence-electron chi connectivity index (χ3n) is 3.81. The lowest BCUT2D eigenvalue weighted by molar-refractivity contribution is 0.153. The van der Waals surface area contributed by atoms with Crippen molar-refractivity contribution in [2.24, 2.45) is 0 Å². The maximum Gasteiger partial charge on any atom is 0.0793 e. The minimum absolute atomic E-state index is 0.286. The molecule has 2 aromatic carbocycles. The van der Waals surface area contributed by atoms with E-state index in [0.29, 0.717) is 10.0 Å². The van der Waals surface area contributed by atoms with Crippen molar-refractivity contribution in [3.05, 3.63) is 69.2 Å². The third kappa shape index (κ3) is 2.38. The fourth-order valence-electron chi connectivity index (χ4n) is 2.84. The maximum atomic E-state index is 10.1. The lowest BCUT2D eigenvalue weighted by Gasteiger charge is -2.29. The van der Waals surface area contributed by atoms with Crippen molar-refractivity contribution < 1.29 is 5.11 Å². The zero-order valence-electron chi connectivity index (χ0n) is 10.3. The van der Waals surface area contributed by atoms with Crippen LogP contribution in [0.5, 0.6) is 0 Å². The summed E-state index contributed by atoms with van der Waals surface area (Å²) in [6.45, 7) is 0. The number of fused-ring (bicyclic) bond motifs is 1. The van der Waals surface area contributed by atoms with Gasteiger partial charge >= 0.3 is 0 Å². The number of rotatable bonds is 1. The Hall–Kier alpha value is -1.02. The Morgan fingerprint density at radius 3 is 2.37 bits per heavy atom. The first kappa shape index (κ1) is 13.0. The van der Waals surface area contributed by atoms with Gasteiger partial charge in [-0.25, -0.2) is 0 Å². The molecule has 1 nitrogen and oxygen atoms in total. The van der Waals surface area contributed by atoms with Gasteiger partial charge in [-0.3, -0.25) is 0 Å². The van der Waals surface area contributed by atoms with Crippen molar-refractivity contribution in [1.82, 2.24) is 0 Å². The van der Waals surface area contributed by atoms with E-state index in [4.69, 9.17) is 23.2 Å². The summed E-state index contributed by atoms with van der Waals surface area (Å²) in [6.07, 6.45) is 1.35. The summed E-state index contributed by atoms with van der Waals surface area (Å²) in [6, 6.07) is 13.9. The lowest BCUT2D eigenvalue weighted by atomic mass is 9.78. The fraction of sp³-hybridized carbons (Fsp3) is 0.250. The predicted octanol–water partition coefficient (Wildman–Crippen LogP) is 4.95. The molecule has 2 aromatic rings. The van der Waals surface area contributed by atoms with Crippen molar-refractivity contribution in [1.29, 1.82) is 0 Å². The van der Waals surface area contributed by atoms with Gasteiger partial charge in [0.25, 0.3) is 0 Å². The van der Waals surface area contributed by atoms with Crippen molar-refractivity contribution in [2.45, 2.75) is 24.9 Å². The van der Waals surface area contributed by atoms with Gasteiger partial charge in [0.15, 0.2) is 0 Å². The highest BCUT2D eigenvalue weighted by Crippen LogP contribution is 2.42. The number of aliphatic hydroxyl groups is 1. The van der Waals surface area contributed by atoms with E-state index in [1.807, 2.05) is 36.4 Å². The van der Waals surface area contributed by atoms with Gasteiger partial charge < -0.3 is 5.11 Å². The SMILES string of the molecule is O[C@H]1CC[C@H](c2ccc(Cl)c(Cl)c2)c2ccccc21. The highest BCUT2D eigenvalue weighted by atomic mass is 35.5. The predicted molar refractivity (Wildman–Crippen MR) is 78.9 cm³/mol. The van der Waals surface area contributed by atoms with Gasteiger partial charge in [-0.15, -0.1) is 0 Å². The van der Waals surface area contributed by atoms with Crippen LogP contribution in [0.1, 0.15) is 41.6 Å². The monoisotopic (exact) mass is 292 g/mol. The summed E-state index contributed by atoms with van der Waals surface area (Å²) in [5.74, 6) is 0.286. The number of hydrogen-bond acceptors (Lipinski definition) is 1. The highest BCUT2D eigenvalue weighted by molar-refractivity contribution is 6.42. The molecule has 1 aliphatic rings. The largest absolute Gasteiger partial charge is 0.388 e. The summed E-state index contributed by atoms with van der Waals surface area (Å²) in [7, 11) is 0. The smallest absolute Gasteiger partial charge is 0.0793 e. The van der Waals surface area contributed by atoms with Crippen LogP contribution in [0, 0.1) is 0 Å². The third-order valence-corrected chi connectivity index (χ3v) is 4.54. The molecule has 2 atom stereocenters. The average molecular weight is 293 g/mol. The summed E-state index contributed by atoms with van der Waals surface area (Å²) in [4.78, 5) is 0. The first-order valence-electron chi connectivity index (χ1n) is 6.38. The molecule has 3 heteroatoms. The van der Waals surface area contributed by atoms with E-state index in [-0.39, 0.29) is 12.0 Å². The van der Waals surface area contributed by atoms with Crippen LogP contribution in [0.25, 0.3) is 0 Å². The van der Waals surface area contributed by atoms with Crippen LogP contribution >= 0.6 is 23.2 Å². The Balaban J connectivity index is 2.07. The van der Waals surface area contributed by atoms with E-state index >= 15 is 0 Å². The molecular formula is C16H14Cl2O. The second-order valence-electron chi connectivity index (χ2n) is 4.95. The van der Waals surface area contributed by atoms with Crippen LogP contribution in [0.4, 0.5) is 0 Å². The van der Waals surface area contributed by atoms with Gasteiger partial charge in [0.05, 0.1) is 16.1 Å². The second kappa shape index (κ2) is 5.16. The number of benzene rings is 2. The van der Waals surface area contributed by atoms with E-state index in [0.717, 1.165) is 24.0 Å². The number of hydrogen-bond donors (Lipinski definition) is 1. The molecule has 1 N–H and O–H groups in total. The van der Waals surface area contributed by atoms with Crippen molar-refractivity contribution in [2.75, 3.05) is 0 Å². The second-order valence-corrected chi connectivity index (χ2v) is 5.76. The zero-order chi connectivity index (χ0) is 13.4. The summed E-state index contributed by atoms with van der Waals surface area (Å²) in [5.41, 5.74) is 3.39. The van der Waals surface area contributed by atoms with E-state index in [2.05, 4.69) is 6.07 Å². The molecular weight excluding hydrogens is 279 g/mol. The van der Waals surface area contributed by atoms with E-state index < -0.39 is 0 Å². The number of aliphatic hydroxyl groups excluding tert-OH is 1. The zero-order valence-corrected chi connectivity index (χ0v) is 11.8. The molecule has 3 rings (SSSR count). The summed E-state index contributed by atoms with van der Waals surface area (Å²) >= 11 is 12.1. The molecule has 0 aliphatic heterocycles. The minimum Gasteiger partial charge on any atom is -0.388 e. The van der Waals surface area contributed by atoms with Gasteiger partial charge in [-0.05, 0) is 41.7 Å². The molecule has 0 bridgehead atoms. The molecule has 0 saturated carbocycles. The molecule has 0 radical (unpaired) electrons. The quantitative estimate of drug-likeness (QED) is 0.788. The van der Waals surface area contributed by atoms with Crippen LogP contribution in [-0.2, 0) is 0 Å². The number of halogens is 2. The molecule has 0 unspecified atom stereocenters. The Bertz CT molecular complexity index is 609. The molecule has 0 fully saturated rings. The van der Waals surface area contributed by atoms with Crippen molar-refractivity contribution in [3.63, 3.8) is 0 Å². The van der Waals surface area contributed by atoms with E-state index in [1.165, 1.54) is 5.56 Å². The van der Waals surface area contributed by atoms with Gasteiger partial charge in [-0.1, -0.05) is 53.5 Å². The van der Waals surface area contributed by atoms with Crippen LogP contribution in [0.2, 0.25) is 10.0 Å². The lowest BCUT2D eigenvalue weighted by Crippen LogP contribution is -2.15. The Morgan fingerprint density at radius 2 is 1.63 bits per heavy atom. The average Bonchev–Trinajstić information content (AvgIpc) is 2.43. The Labute approximate surface area is 122 Å². The van der Waals surface area contributed by atoms with Crippen LogP contribution in [-0.4, -0.2) is 5.11 Å². The molecule has 1 aliphatic carbocycles. The molecule has 98 valence electrons. The first-order valence-corrected chi connectivity index (χ1v) is 7.14. The Morgan fingerprint density at radius 1 is 0.895 bits per heavy atom. The normalized spacial score (nSPS) is 22.1. The van der Waals surface area contributed by atoms with E-state index in [1.54, 1.807) is 0 Å². The maximum absolute atomic E-state index is 10.1. The summed E-state index contributed by atoms with van der Waals surface area (Å²) in [5, 5.41) is 11.2. The standard InChI is InChI=1S/C16H14Cl2O/c17-14-7-5-10(9-15(14)18)11-6-8-16(19)13-4-2-1-3-12(11)13/h1-5,7,9,11,16,19H,6,8H2/t11-,16+/m1/s1. The van der Waals surface area contributed by atoms with Crippen molar-refractivity contribution in [3.8, 4) is 0 Å². The van der Waals surface area contributed by atoms with Gasteiger partial charge in [0.1, 0.15) is 0 Å². The first-order chi connectivity index (χ1) is 9.16. The van der Waals surface area contributed by atoms with Crippen LogP contribution < -0.4 is 0 Å². The fourth-order valence-corrected chi connectivity index (χ4v) is 3.15. The Kier molecular flexibility index (Phi) is 3.53. The molecule has 0 aromatic heterocycles. The minimum atomic E-state index is -0.352.